The molecule has 9 heteroatoms. The first-order chi connectivity index (χ1) is 15.8. The second-order valence-corrected chi connectivity index (χ2v) is 9.60. The molecular formula is C24H20BrClN2O4S. The number of benzene rings is 2. The summed E-state index contributed by atoms with van der Waals surface area (Å²) in [5.74, 6) is 0.142. The van der Waals surface area contributed by atoms with Crippen molar-refractivity contribution in [2.24, 2.45) is 4.99 Å². The number of halogens is 2. The average molecular weight is 548 g/mol. The van der Waals surface area contributed by atoms with Gasteiger partial charge in [0.2, 0.25) is 0 Å². The third-order valence-corrected chi connectivity index (χ3v) is 6.91. The second-order valence-electron chi connectivity index (χ2n) is 7.24. The SMILES string of the molecule is CCOC(=O)C1=C(C)N=c2s/c(=C/c3cc(Br)ccc3OC)c(=O)n2C1c1ccc(Cl)cc1. The topological polar surface area (TPSA) is 69.9 Å². The number of carbonyl (C=O) groups excluding carboxylic acids is 1. The third kappa shape index (κ3) is 4.55. The molecule has 1 atom stereocenters. The number of nitrogens with zero attached hydrogens (tertiary/aromatic N) is 2. The normalized spacial score (nSPS) is 15.8. The van der Waals surface area contributed by atoms with E-state index in [1.165, 1.54) is 11.3 Å². The number of hydrogen-bond acceptors (Lipinski definition) is 6. The minimum Gasteiger partial charge on any atom is -0.496 e. The number of esters is 1. The van der Waals surface area contributed by atoms with Crippen molar-refractivity contribution in [2.75, 3.05) is 13.7 Å². The van der Waals surface area contributed by atoms with E-state index in [1.54, 1.807) is 55.9 Å². The van der Waals surface area contributed by atoms with E-state index in [2.05, 4.69) is 20.9 Å². The van der Waals surface area contributed by atoms with E-state index in [-0.39, 0.29) is 12.2 Å². The number of methoxy groups -OCH3 is 1. The molecule has 1 aromatic heterocycles. The molecule has 0 amide bonds. The summed E-state index contributed by atoms with van der Waals surface area (Å²) in [6.07, 6.45) is 1.77. The average Bonchev–Trinajstić information content (AvgIpc) is 3.08. The summed E-state index contributed by atoms with van der Waals surface area (Å²) >= 11 is 10.8. The van der Waals surface area contributed by atoms with E-state index in [0.717, 1.165) is 15.6 Å². The quantitative estimate of drug-likeness (QED) is 0.449. The summed E-state index contributed by atoms with van der Waals surface area (Å²) in [6.45, 7) is 3.71. The molecule has 0 saturated carbocycles. The van der Waals surface area contributed by atoms with Crippen molar-refractivity contribution in [3.63, 3.8) is 0 Å². The highest BCUT2D eigenvalue weighted by molar-refractivity contribution is 9.10. The maximum Gasteiger partial charge on any atom is 0.338 e. The number of rotatable bonds is 5. The van der Waals surface area contributed by atoms with Crippen molar-refractivity contribution in [2.45, 2.75) is 19.9 Å². The molecule has 2 heterocycles. The van der Waals surface area contributed by atoms with Gasteiger partial charge in [0.05, 0.1) is 35.6 Å². The van der Waals surface area contributed by atoms with Gasteiger partial charge in [-0.1, -0.05) is 51.0 Å². The molecule has 6 nitrogen and oxygen atoms in total. The van der Waals surface area contributed by atoms with Crippen molar-refractivity contribution in [1.29, 1.82) is 0 Å². The summed E-state index contributed by atoms with van der Waals surface area (Å²) in [4.78, 5) is 31.6. The Morgan fingerprint density at radius 3 is 2.67 bits per heavy atom. The van der Waals surface area contributed by atoms with Crippen LogP contribution in [0.4, 0.5) is 0 Å². The van der Waals surface area contributed by atoms with Crippen molar-refractivity contribution >= 4 is 50.9 Å². The molecular weight excluding hydrogens is 528 g/mol. The van der Waals surface area contributed by atoms with Crippen LogP contribution in [-0.4, -0.2) is 24.3 Å². The van der Waals surface area contributed by atoms with Crippen LogP contribution < -0.4 is 19.6 Å². The number of aromatic nitrogens is 1. The minimum absolute atomic E-state index is 0.218. The molecule has 0 N–H and O–H groups in total. The van der Waals surface area contributed by atoms with E-state index in [9.17, 15) is 9.59 Å². The van der Waals surface area contributed by atoms with Gasteiger partial charge < -0.3 is 9.47 Å². The molecule has 0 saturated heterocycles. The summed E-state index contributed by atoms with van der Waals surface area (Å²) < 4.78 is 13.6. The molecule has 4 rings (SSSR count). The molecule has 1 aliphatic rings. The highest BCUT2D eigenvalue weighted by Gasteiger charge is 2.33. The van der Waals surface area contributed by atoms with Gasteiger partial charge in [-0.2, -0.15) is 0 Å². The van der Waals surface area contributed by atoms with Crippen LogP contribution >= 0.6 is 38.9 Å². The van der Waals surface area contributed by atoms with Gasteiger partial charge in [-0.05, 0) is 55.8 Å². The van der Waals surface area contributed by atoms with Crippen LogP contribution in [0.25, 0.3) is 6.08 Å². The summed E-state index contributed by atoms with van der Waals surface area (Å²) in [5.41, 5.74) is 2.08. The zero-order chi connectivity index (χ0) is 23.7. The Morgan fingerprint density at radius 1 is 1.27 bits per heavy atom. The van der Waals surface area contributed by atoms with Crippen molar-refractivity contribution in [3.8, 4) is 5.75 Å². The van der Waals surface area contributed by atoms with E-state index in [1.807, 2.05) is 18.2 Å². The smallest absolute Gasteiger partial charge is 0.338 e. The fraction of sp³-hybridized carbons (Fsp3) is 0.208. The number of thiazole rings is 1. The largest absolute Gasteiger partial charge is 0.496 e. The molecule has 1 aliphatic heterocycles. The monoisotopic (exact) mass is 546 g/mol. The Kier molecular flexibility index (Phi) is 6.88. The van der Waals surface area contributed by atoms with Crippen LogP contribution in [-0.2, 0) is 9.53 Å². The van der Waals surface area contributed by atoms with Crippen molar-refractivity contribution < 1.29 is 14.3 Å². The van der Waals surface area contributed by atoms with Gasteiger partial charge in [-0.25, -0.2) is 9.79 Å². The van der Waals surface area contributed by atoms with Gasteiger partial charge in [-0.3, -0.25) is 9.36 Å². The number of carbonyl (C=O) groups is 1. The Labute approximate surface area is 207 Å². The predicted molar refractivity (Wildman–Crippen MR) is 133 cm³/mol. The van der Waals surface area contributed by atoms with Crippen molar-refractivity contribution in [1.82, 2.24) is 4.57 Å². The maximum atomic E-state index is 13.6. The van der Waals surface area contributed by atoms with Crippen LogP contribution in [0, 0.1) is 0 Å². The van der Waals surface area contributed by atoms with E-state index in [0.29, 0.717) is 31.4 Å². The molecule has 1 unspecified atom stereocenters. The van der Waals surface area contributed by atoms with Crippen LogP contribution in [0.5, 0.6) is 5.75 Å². The van der Waals surface area contributed by atoms with Gasteiger partial charge in [-0.15, -0.1) is 0 Å². The Bertz CT molecular complexity index is 1440. The van der Waals surface area contributed by atoms with Crippen LogP contribution in [0.2, 0.25) is 5.02 Å². The Balaban J connectivity index is 1.97. The van der Waals surface area contributed by atoms with Crippen LogP contribution in [0.1, 0.15) is 31.0 Å². The summed E-state index contributed by atoms with van der Waals surface area (Å²) in [6, 6.07) is 12.0. The predicted octanol–water partition coefficient (Wildman–Crippen LogP) is 4.22. The lowest BCUT2D eigenvalue weighted by Crippen LogP contribution is -2.39. The third-order valence-electron chi connectivity index (χ3n) is 5.18. The Morgan fingerprint density at radius 2 is 2.00 bits per heavy atom. The van der Waals surface area contributed by atoms with Gasteiger partial charge in [0.15, 0.2) is 4.80 Å². The summed E-state index contributed by atoms with van der Waals surface area (Å²) in [7, 11) is 1.58. The standard InChI is InChI=1S/C24H20BrClN2O4S/c1-4-32-23(30)20-13(2)27-24-28(21(20)14-5-8-17(26)9-6-14)22(29)19(33-24)12-15-11-16(25)7-10-18(15)31-3/h5-12,21H,4H2,1-3H3/b19-12+. The van der Waals surface area contributed by atoms with E-state index >= 15 is 0 Å². The van der Waals surface area contributed by atoms with Gasteiger partial charge in [0.1, 0.15) is 5.75 Å². The molecule has 0 fully saturated rings. The minimum atomic E-state index is -0.677. The molecule has 0 bridgehead atoms. The number of fused-ring (bicyclic) bond motifs is 1. The summed E-state index contributed by atoms with van der Waals surface area (Å²) in [5, 5.41) is 0.561. The molecule has 0 aliphatic carbocycles. The van der Waals surface area contributed by atoms with Gasteiger partial charge >= 0.3 is 5.97 Å². The zero-order valence-corrected chi connectivity index (χ0v) is 21.3. The van der Waals surface area contributed by atoms with E-state index in [4.69, 9.17) is 21.1 Å². The Hall–Kier alpha value is -2.68. The lowest BCUT2D eigenvalue weighted by atomic mass is 9.96. The zero-order valence-electron chi connectivity index (χ0n) is 18.1. The molecule has 33 heavy (non-hydrogen) atoms. The van der Waals surface area contributed by atoms with Gasteiger partial charge in [0.25, 0.3) is 5.56 Å². The molecule has 3 aromatic rings. The number of hydrogen-bond donors (Lipinski definition) is 0. The first kappa shape index (κ1) is 23.5. The maximum absolute atomic E-state index is 13.6. The first-order valence-corrected chi connectivity index (χ1v) is 12.1. The lowest BCUT2D eigenvalue weighted by molar-refractivity contribution is -0.139. The molecule has 2 aromatic carbocycles. The fourth-order valence-corrected chi connectivity index (χ4v) is 5.25. The second kappa shape index (κ2) is 9.67. The lowest BCUT2D eigenvalue weighted by Gasteiger charge is -2.24. The van der Waals surface area contributed by atoms with Gasteiger partial charge in [0, 0.05) is 15.1 Å². The highest BCUT2D eigenvalue weighted by atomic mass is 79.9. The number of allylic oxidation sites excluding steroid dienone is 1. The van der Waals surface area contributed by atoms with Crippen LogP contribution in [0.15, 0.2) is 68.0 Å². The fourth-order valence-electron chi connectivity index (χ4n) is 3.71. The highest BCUT2D eigenvalue weighted by Crippen LogP contribution is 2.31. The number of ether oxygens (including phenoxy) is 2. The van der Waals surface area contributed by atoms with Crippen molar-refractivity contribution in [3.05, 3.63) is 94.0 Å². The van der Waals surface area contributed by atoms with E-state index < -0.39 is 12.0 Å². The molecule has 170 valence electrons. The first-order valence-electron chi connectivity index (χ1n) is 10.1. The van der Waals surface area contributed by atoms with Crippen LogP contribution in [0.3, 0.4) is 0 Å². The molecule has 0 radical (unpaired) electrons. The molecule has 0 spiro atoms.